The molecule has 1 N–H and O–H groups in total. The molecule has 0 aromatic heterocycles. The largest absolute Gasteiger partial charge is 0.393 e. The van der Waals surface area contributed by atoms with Gasteiger partial charge in [-0.05, 0) is 31.2 Å². The highest BCUT2D eigenvalue weighted by molar-refractivity contribution is 5.14. The summed E-state index contributed by atoms with van der Waals surface area (Å²) < 4.78 is 5.61. The van der Waals surface area contributed by atoms with Gasteiger partial charge in [-0.15, -0.1) is 0 Å². The number of aliphatic hydroxyl groups is 1. The van der Waals surface area contributed by atoms with Crippen LogP contribution in [0.3, 0.4) is 0 Å². The zero-order valence-electron chi connectivity index (χ0n) is 8.93. The van der Waals surface area contributed by atoms with Crippen LogP contribution >= 0.6 is 0 Å². The van der Waals surface area contributed by atoms with Crippen molar-refractivity contribution in [1.29, 1.82) is 0 Å². The number of hydrogen-bond acceptors (Lipinski definition) is 2. The van der Waals surface area contributed by atoms with Gasteiger partial charge in [-0.3, -0.25) is 0 Å². The normalized spacial score (nSPS) is 26.5. The standard InChI is InChI=1S/C13H18O2/c14-12-8-9-15-13(10-12)7-6-11-4-2-1-3-5-11/h1-5,12-14H,6-10H2/t12-,13-/m1/s1. The molecular formula is C13H18O2. The van der Waals surface area contributed by atoms with E-state index in [0.717, 1.165) is 25.7 Å². The topological polar surface area (TPSA) is 29.5 Å². The summed E-state index contributed by atoms with van der Waals surface area (Å²) in [4.78, 5) is 0. The van der Waals surface area contributed by atoms with Crippen LogP contribution in [-0.4, -0.2) is 23.9 Å². The Morgan fingerprint density at radius 2 is 2.07 bits per heavy atom. The van der Waals surface area contributed by atoms with Gasteiger partial charge in [-0.2, -0.15) is 0 Å². The van der Waals surface area contributed by atoms with Gasteiger partial charge < -0.3 is 9.84 Å². The molecule has 1 aromatic rings. The van der Waals surface area contributed by atoms with Crippen molar-refractivity contribution in [3.05, 3.63) is 35.9 Å². The van der Waals surface area contributed by atoms with Crippen LogP contribution in [0.5, 0.6) is 0 Å². The van der Waals surface area contributed by atoms with Crippen molar-refractivity contribution >= 4 is 0 Å². The Balaban J connectivity index is 1.78. The van der Waals surface area contributed by atoms with Crippen molar-refractivity contribution in [1.82, 2.24) is 0 Å². The highest BCUT2D eigenvalue weighted by atomic mass is 16.5. The van der Waals surface area contributed by atoms with Crippen LogP contribution in [0, 0.1) is 0 Å². The number of benzene rings is 1. The third kappa shape index (κ3) is 3.33. The van der Waals surface area contributed by atoms with Crippen molar-refractivity contribution in [3.63, 3.8) is 0 Å². The van der Waals surface area contributed by atoms with E-state index in [-0.39, 0.29) is 12.2 Å². The fourth-order valence-corrected chi connectivity index (χ4v) is 2.03. The van der Waals surface area contributed by atoms with Gasteiger partial charge in [0, 0.05) is 6.61 Å². The molecule has 2 atom stereocenters. The molecule has 0 unspecified atom stereocenters. The third-order valence-electron chi connectivity index (χ3n) is 2.94. The molecule has 2 heteroatoms. The molecule has 1 heterocycles. The van der Waals surface area contributed by atoms with Gasteiger partial charge in [0.1, 0.15) is 0 Å². The van der Waals surface area contributed by atoms with E-state index in [0.29, 0.717) is 6.61 Å². The summed E-state index contributed by atoms with van der Waals surface area (Å²) in [6.07, 6.45) is 3.74. The molecule has 0 bridgehead atoms. The van der Waals surface area contributed by atoms with E-state index >= 15 is 0 Å². The first-order valence-corrected chi connectivity index (χ1v) is 5.68. The number of aliphatic hydroxyl groups excluding tert-OH is 1. The SMILES string of the molecule is O[C@@H]1CCO[C@H](CCc2ccccc2)C1. The fraction of sp³-hybridized carbons (Fsp3) is 0.538. The molecule has 1 fully saturated rings. The van der Waals surface area contributed by atoms with Gasteiger partial charge in [0.25, 0.3) is 0 Å². The predicted molar refractivity (Wildman–Crippen MR) is 59.7 cm³/mol. The number of ether oxygens (including phenoxy) is 1. The summed E-state index contributed by atoms with van der Waals surface area (Å²) in [6, 6.07) is 10.4. The van der Waals surface area contributed by atoms with E-state index < -0.39 is 0 Å². The third-order valence-corrected chi connectivity index (χ3v) is 2.94. The first-order chi connectivity index (χ1) is 7.34. The molecular weight excluding hydrogens is 188 g/mol. The average Bonchev–Trinajstić information content (AvgIpc) is 2.28. The summed E-state index contributed by atoms with van der Waals surface area (Å²) >= 11 is 0. The molecule has 15 heavy (non-hydrogen) atoms. The molecule has 1 aromatic carbocycles. The molecule has 82 valence electrons. The van der Waals surface area contributed by atoms with E-state index in [9.17, 15) is 5.11 Å². The molecule has 0 spiro atoms. The summed E-state index contributed by atoms with van der Waals surface area (Å²) in [7, 11) is 0. The van der Waals surface area contributed by atoms with Crippen molar-refractivity contribution in [2.45, 2.75) is 37.9 Å². The smallest absolute Gasteiger partial charge is 0.0603 e. The minimum absolute atomic E-state index is 0.153. The van der Waals surface area contributed by atoms with Crippen LogP contribution in [0.25, 0.3) is 0 Å². The lowest BCUT2D eigenvalue weighted by atomic mass is 10.00. The average molecular weight is 206 g/mol. The second-order valence-electron chi connectivity index (χ2n) is 4.20. The van der Waals surface area contributed by atoms with E-state index in [1.54, 1.807) is 0 Å². The van der Waals surface area contributed by atoms with Crippen LogP contribution in [0.4, 0.5) is 0 Å². The quantitative estimate of drug-likeness (QED) is 0.821. The second-order valence-corrected chi connectivity index (χ2v) is 4.20. The lowest BCUT2D eigenvalue weighted by Gasteiger charge is -2.26. The fourth-order valence-electron chi connectivity index (χ4n) is 2.03. The first-order valence-electron chi connectivity index (χ1n) is 5.68. The Bertz CT molecular complexity index is 284. The lowest BCUT2D eigenvalue weighted by Crippen LogP contribution is -2.29. The van der Waals surface area contributed by atoms with Gasteiger partial charge in [0.05, 0.1) is 12.2 Å². The van der Waals surface area contributed by atoms with E-state index in [1.165, 1.54) is 5.56 Å². The van der Waals surface area contributed by atoms with E-state index in [4.69, 9.17) is 4.74 Å². The second kappa shape index (κ2) is 5.29. The number of hydrogen-bond donors (Lipinski definition) is 1. The van der Waals surface area contributed by atoms with Gasteiger partial charge >= 0.3 is 0 Å². The van der Waals surface area contributed by atoms with E-state index in [1.807, 2.05) is 6.07 Å². The lowest BCUT2D eigenvalue weighted by molar-refractivity contribution is -0.0459. The maximum Gasteiger partial charge on any atom is 0.0603 e. The maximum absolute atomic E-state index is 9.50. The van der Waals surface area contributed by atoms with Gasteiger partial charge in [-0.1, -0.05) is 30.3 Å². The summed E-state index contributed by atoms with van der Waals surface area (Å²) in [6.45, 7) is 0.709. The highest BCUT2D eigenvalue weighted by Gasteiger charge is 2.20. The van der Waals surface area contributed by atoms with Crippen LogP contribution in [0.2, 0.25) is 0 Å². The summed E-state index contributed by atoms with van der Waals surface area (Å²) in [5, 5.41) is 9.50. The molecule has 2 nitrogen and oxygen atoms in total. The monoisotopic (exact) mass is 206 g/mol. The zero-order chi connectivity index (χ0) is 10.5. The molecule has 1 aliphatic rings. The molecule has 2 rings (SSSR count). The Morgan fingerprint density at radius 3 is 2.80 bits per heavy atom. The van der Waals surface area contributed by atoms with Gasteiger partial charge in [0.2, 0.25) is 0 Å². The maximum atomic E-state index is 9.50. The Kier molecular flexibility index (Phi) is 3.75. The molecule has 0 aliphatic carbocycles. The van der Waals surface area contributed by atoms with Crippen LogP contribution in [0.15, 0.2) is 30.3 Å². The summed E-state index contributed by atoms with van der Waals surface area (Å²) in [5.74, 6) is 0. The van der Waals surface area contributed by atoms with Crippen LogP contribution in [-0.2, 0) is 11.2 Å². The highest BCUT2D eigenvalue weighted by Crippen LogP contribution is 2.18. The van der Waals surface area contributed by atoms with Gasteiger partial charge in [-0.25, -0.2) is 0 Å². The number of aryl methyl sites for hydroxylation is 1. The minimum atomic E-state index is -0.153. The predicted octanol–water partition coefficient (Wildman–Crippen LogP) is 2.16. The van der Waals surface area contributed by atoms with Crippen LogP contribution in [0.1, 0.15) is 24.8 Å². The Labute approximate surface area is 90.9 Å². The number of rotatable bonds is 3. The Morgan fingerprint density at radius 1 is 1.27 bits per heavy atom. The molecule has 1 saturated heterocycles. The van der Waals surface area contributed by atoms with Crippen molar-refractivity contribution in [2.24, 2.45) is 0 Å². The minimum Gasteiger partial charge on any atom is -0.393 e. The Hall–Kier alpha value is -0.860. The van der Waals surface area contributed by atoms with E-state index in [2.05, 4.69) is 24.3 Å². The van der Waals surface area contributed by atoms with Gasteiger partial charge in [0.15, 0.2) is 0 Å². The van der Waals surface area contributed by atoms with Crippen LogP contribution < -0.4 is 0 Å². The summed E-state index contributed by atoms with van der Waals surface area (Å²) in [5.41, 5.74) is 1.35. The first kappa shape index (κ1) is 10.7. The molecule has 0 radical (unpaired) electrons. The molecule has 0 amide bonds. The van der Waals surface area contributed by atoms with Crippen molar-refractivity contribution in [3.8, 4) is 0 Å². The van der Waals surface area contributed by atoms with Crippen molar-refractivity contribution < 1.29 is 9.84 Å². The molecule has 0 saturated carbocycles. The zero-order valence-corrected chi connectivity index (χ0v) is 8.93. The van der Waals surface area contributed by atoms with Crippen molar-refractivity contribution in [2.75, 3.05) is 6.61 Å². The molecule has 1 aliphatic heterocycles.